The van der Waals surface area contributed by atoms with Gasteiger partial charge in [0.25, 0.3) is 5.91 Å². The first-order valence-electron chi connectivity index (χ1n) is 7.83. The van der Waals surface area contributed by atoms with Crippen LogP contribution in [0.5, 0.6) is 11.5 Å². The summed E-state index contributed by atoms with van der Waals surface area (Å²) in [5, 5.41) is 19.1. The first kappa shape index (κ1) is 15.3. The number of nitrogens with zero attached hydrogens (tertiary/aromatic N) is 2. The van der Waals surface area contributed by atoms with E-state index in [1.165, 1.54) is 23.8 Å². The Morgan fingerprint density at radius 3 is 2.65 bits per heavy atom. The van der Waals surface area contributed by atoms with Crippen LogP contribution in [0.4, 0.5) is 0 Å². The Balaban J connectivity index is 1.59. The van der Waals surface area contributed by atoms with Gasteiger partial charge in [-0.1, -0.05) is 6.07 Å². The fourth-order valence-corrected chi connectivity index (χ4v) is 3.06. The summed E-state index contributed by atoms with van der Waals surface area (Å²) in [6.45, 7) is 1.37. The second-order valence-electron chi connectivity index (χ2n) is 6.00. The van der Waals surface area contributed by atoms with E-state index < -0.39 is 0 Å². The molecule has 5 nitrogen and oxygen atoms in total. The van der Waals surface area contributed by atoms with Gasteiger partial charge in [-0.2, -0.15) is 0 Å². The van der Waals surface area contributed by atoms with Crippen molar-refractivity contribution in [3.8, 4) is 11.5 Å². The summed E-state index contributed by atoms with van der Waals surface area (Å²) in [5.74, 6) is 0.153. The first-order valence-corrected chi connectivity index (χ1v) is 7.83. The molecule has 120 valence electrons. The van der Waals surface area contributed by atoms with Gasteiger partial charge in [-0.15, -0.1) is 0 Å². The summed E-state index contributed by atoms with van der Waals surface area (Å²) in [6, 6.07) is 8.11. The van der Waals surface area contributed by atoms with Crippen LogP contribution in [0.3, 0.4) is 0 Å². The van der Waals surface area contributed by atoms with Crippen molar-refractivity contribution in [2.45, 2.75) is 19.3 Å². The predicted octanol–water partition coefficient (Wildman–Crippen LogP) is 2.59. The molecule has 1 aromatic carbocycles. The van der Waals surface area contributed by atoms with Gasteiger partial charge >= 0.3 is 0 Å². The third kappa shape index (κ3) is 3.62. The highest BCUT2D eigenvalue weighted by molar-refractivity contribution is 5.97. The highest BCUT2D eigenvalue weighted by Crippen LogP contribution is 2.27. The molecule has 0 radical (unpaired) electrons. The Morgan fingerprint density at radius 1 is 1.22 bits per heavy atom. The summed E-state index contributed by atoms with van der Waals surface area (Å²) < 4.78 is 0. The molecular weight excluding hydrogens is 292 g/mol. The average molecular weight is 312 g/mol. The summed E-state index contributed by atoms with van der Waals surface area (Å²) in [7, 11) is 0. The first-order chi connectivity index (χ1) is 11.1. The van der Waals surface area contributed by atoms with Crippen molar-refractivity contribution in [1.29, 1.82) is 0 Å². The van der Waals surface area contributed by atoms with Crippen LogP contribution in [0.15, 0.2) is 42.7 Å². The van der Waals surface area contributed by atoms with Crippen molar-refractivity contribution in [2.75, 3.05) is 13.1 Å². The van der Waals surface area contributed by atoms with E-state index >= 15 is 0 Å². The fourth-order valence-electron chi connectivity index (χ4n) is 3.06. The van der Waals surface area contributed by atoms with Crippen LogP contribution in [0.1, 0.15) is 28.8 Å². The number of benzene rings is 1. The number of carbonyl (C=O) groups excluding carboxylic acids is 1. The number of hydrogen-bond acceptors (Lipinski definition) is 4. The molecule has 1 fully saturated rings. The SMILES string of the molecule is O=C(c1ccc(O)cc1O)N1CCC(Cc2cccnc2)CC1. The van der Waals surface area contributed by atoms with E-state index in [2.05, 4.69) is 11.1 Å². The molecule has 0 unspecified atom stereocenters. The molecule has 0 bridgehead atoms. The van der Waals surface area contributed by atoms with E-state index in [0.29, 0.717) is 19.0 Å². The number of hydrogen-bond donors (Lipinski definition) is 2. The third-order valence-electron chi connectivity index (χ3n) is 4.36. The lowest BCUT2D eigenvalue weighted by Gasteiger charge is -2.32. The topological polar surface area (TPSA) is 73.7 Å². The summed E-state index contributed by atoms with van der Waals surface area (Å²) in [5.41, 5.74) is 1.47. The molecule has 0 saturated carbocycles. The number of carbonyl (C=O) groups is 1. The van der Waals surface area contributed by atoms with Crippen molar-refractivity contribution in [3.05, 3.63) is 53.9 Å². The lowest BCUT2D eigenvalue weighted by Crippen LogP contribution is -2.38. The molecule has 0 spiro atoms. The van der Waals surface area contributed by atoms with E-state index in [4.69, 9.17) is 0 Å². The average Bonchev–Trinajstić information content (AvgIpc) is 2.56. The summed E-state index contributed by atoms with van der Waals surface area (Å²) in [6.07, 6.45) is 6.54. The van der Waals surface area contributed by atoms with Crippen LogP contribution in [0.2, 0.25) is 0 Å². The molecule has 0 atom stereocenters. The van der Waals surface area contributed by atoms with Crippen molar-refractivity contribution < 1.29 is 15.0 Å². The van der Waals surface area contributed by atoms with Gasteiger partial charge in [0.1, 0.15) is 11.5 Å². The normalized spacial score (nSPS) is 15.6. The zero-order chi connectivity index (χ0) is 16.2. The van der Waals surface area contributed by atoms with Crippen LogP contribution in [0, 0.1) is 5.92 Å². The highest BCUT2D eigenvalue weighted by atomic mass is 16.3. The molecule has 2 aromatic rings. The Kier molecular flexibility index (Phi) is 4.46. The number of amides is 1. The molecule has 2 heterocycles. The van der Waals surface area contributed by atoms with Gasteiger partial charge in [0.15, 0.2) is 0 Å². The van der Waals surface area contributed by atoms with Crippen LogP contribution in [-0.2, 0) is 6.42 Å². The number of piperidine rings is 1. The van der Waals surface area contributed by atoms with Gasteiger partial charge in [0.2, 0.25) is 0 Å². The third-order valence-corrected chi connectivity index (χ3v) is 4.36. The quantitative estimate of drug-likeness (QED) is 0.913. The van der Waals surface area contributed by atoms with Gasteiger partial charge in [0, 0.05) is 31.5 Å². The Hall–Kier alpha value is -2.56. The number of aromatic hydroxyl groups is 2. The zero-order valence-corrected chi connectivity index (χ0v) is 12.9. The second-order valence-corrected chi connectivity index (χ2v) is 6.00. The van der Waals surface area contributed by atoms with Gasteiger partial charge in [-0.25, -0.2) is 0 Å². The van der Waals surface area contributed by atoms with Crippen molar-refractivity contribution in [1.82, 2.24) is 9.88 Å². The van der Waals surface area contributed by atoms with Crippen LogP contribution in [-0.4, -0.2) is 39.1 Å². The van der Waals surface area contributed by atoms with Crippen LogP contribution in [0.25, 0.3) is 0 Å². The van der Waals surface area contributed by atoms with Crippen molar-refractivity contribution in [2.24, 2.45) is 5.92 Å². The predicted molar refractivity (Wildman–Crippen MR) is 86.3 cm³/mol. The number of likely N-dealkylation sites (tertiary alicyclic amines) is 1. The smallest absolute Gasteiger partial charge is 0.257 e. The highest BCUT2D eigenvalue weighted by Gasteiger charge is 2.25. The molecule has 1 saturated heterocycles. The number of phenolic OH excluding ortho intramolecular Hbond substituents is 2. The van der Waals surface area contributed by atoms with Gasteiger partial charge in [-0.05, 0) is 48.9 Å². The summed E-state index contributed by atoms with van der Waals surface area (Å²) >= 11 is 0. The summed E-state index contributed by atoms with van der Waals surface area (Å²) in [4.78, 5) is 18.4. The molecule has 0 aliphatic carbocycles. The van der Waals surface area contributed by atoms with E-state index in [1.807, 2.05) is 12.3 Å². The number of aromatic nitrogens is 1. The second kappa shape index (κ2) is 6.69. The zero-order valence-electron chi connectivity index (χ0n) is 12.9. The van der Waals surface area contributed by atoms with E-state index in [9.17, 15) is 15.0 Å². The van der Waals surface area contributed by atoms with Crippen LogP contribution < -0.4 is 0 Å². The van der Waals surface area contributed by atoms with E-state index in [1.54, 1.807) is 11.1 Å². The number of phenols is 2. The lowest BCUT2D eigenvalue weighted by molar-refractivity contribution is 0.0687. The van der Waals surface area contributed by atoms with Crippen LogP contribution >= 0.6 is 0 Å². The number of pyridine rings is 1. The molecule has 1 aliphatic rings. The standard InChI is InChI=1S/C18H20N2O3/c21-15-3-4-16(17(22)11-15)18(23)20-8-5-13(6-9-20)10-14-2-1-7-19-12-14/h1-4,7,11-13,21-22H,5-6,8-10H2. The lowest BCUT2D eigenvalue weighted by atomic mass is 9.90. The van der Waals surface area contributed by atoms with Crippen molar-refractivity contribution in [3.63, 3.8) is 0 Å². The molecule has 5 heteroatoms. The van der Waals surface area contributed by atoms with E-state index in [0.717, 1.165) is 19.3 Å². The minimum Gasteiger partial charge on any atom is -0.508 e. The monoisotopic (exact) mass is 312 g/mol. The maximum absolute atomic E-state index is 12.5. The Labute approximate surface area is 135 Å². The minimum atomic E-state index is -0.178. The minimum absolute atomic E-state index is 0.0470. The van der Waals surface area contributed by atoms with Crippen molar-refractivity contribution >= 4 is 5.91 Å². The molecule has 3 rings (SSSR count). The fraction of sp³-hybridized carbons (Fsp3) is 0.333. The molecule has 1 aromatic heterocycles. The molecule has 2 N–H and O–H groups in total. The molecule has 1 amide bonds. The molecule has 23 heavy (non-hydrogen) atoms. The van der Waals surface area contributed by atoms with Gasteiger partial charge in [0.05, 0.1) is 5.56 Å². The maximum atomic E-state index is 12.5. The Bertz CT molecular complexity index is 680. The number of rotatable bonds is 3. The van der Waals surface area contributed by atoms with E-state index in [-0.39, 0.29) is 23.0 Å². The largest absolute Gasteiger partial charge is 0.508 e. The van der Waals surface area contributed by atoms with Gasteiger partial charge < -0.3 is 15.1 Å². The molecule has 1 aliphatic heterocycles. The van der Waals surface area contributed by atoms with Gasteiger partial charge in [-0.3, -0.25) is 9.78 Å². The maximum Gasteiger partial charge on any atom is 0.257 e. The molecular formula is C18H20N2O3. The Morgan fingerprint density at radius 2 is 2.00 bits per heavy atom.